The summed E-state index contributed by atoms with van der Waals surface area (Å²) in [7, 11) is 2.93. The lowest BCUT2D eigenvalue weighted by Crippen LogP contribution is -2.42. The zero-order valence-electron chi connectivity index (χ0n) is 22.2. The number of methoxy groups -OCH3 is 2. The molecule has 10 heteroatoms. The Hall–Kier alpha value is -2.82. The Morgan fingerprint density at radius 2 is 1.97 bits per heavy atom. The first kappa shape index (κ1) is 29.2. The van der Waals surface area contributed by atoms with Crippen LogP contribution < -0.4 is 10.5 Å². The molecule has 0 saturated carbocycles. The smallest absolute Gasteiger partial charge is 0.305 e. The van der Waals surface area contributed by atoms with E-state index in [-0.39, 0.29) is 24.2 Å². The van der Waals surface area contributed by atoms with Crippen molar-refractivity contribution in [3.63, 3.8) is 0 Å². The third-order valence-corrected chi connectivity index (χ3v) is 8.49. The topological polar surface area (TPSA) is 77.7 Å². The Kier molecular flexibility index (Phi) is 10.1. The van der Waals surface area contributed by atoms with Crippen LogP contribution in [0, 0.1) is 29.3 Å². The summed E-state index contributed by atoms with van der Waals surface area (Å²) in [6.07, 6.45) is 3.61. The molecule has 1 fully saturated rings. The van der Waals surface area contributed by atoms with Gasteiger partial charge in [0.05, 0.1) is 25.9 Å². The van der Waals surface area contributed by atoms with E-state index in [0.29, 0.717) is 52.4 Å². The van der Waals surface area contributed by atoms with Gasteiger partial charge in [-0.3, -0.25) is 9.78 Å². The summed E-state index contributed by atoms with van der Waals surface area (Å²) in [4.78, 5) is 18.9. The standard InChI is InChI=1S/C29H34F3N3O3S/c1-37-21-5-8-26-22(15-21)29(24(32)16-34-26)25(33)7-3-18-9-10-35(17-19(18)13-28(36)38-2)11-12-39-27-14-20(30)4-6-23(27)31/h4-6,8,14-16,18-19,25H,3,7,9-13,17,33H2,1-2H3/t18?,19-,25-/m1/s1. The summed E-state index contributed by atoms with van der Waals surface area (Å²) in [5.41, 5.74) is 7.61. The van der Waals surface area contributed by atoms with Crippen molar-refractivity contribution >= 4 is 28.6 Å². The van der Waals surface area contributed by atoms with Crippen LogP contribution in [0.1, 0.15) is 37.3 Å². The zero-order chi connectivity index (χ0) is 27.9. The SMILES string of the molecule is COC(=O)C[C@@H]1CN(CCSc2cc(F)ccc2F)CCC1CC[C@@H](N)c1c(F)cnc2ccc(OC)cc12. The van der Waals surface area contributed by atoms with Crippen molar-refractivity contribution in [2.24, 2.45) is 17.6 Å². The van der Waals surface area contributed by atoms with Crippen LogP contribution >= 0.6 is 11.8 Å². The number of hydrogen-bond donors (Lipinski definition) is 1. The largest absolute Gasteiger partial charge is 0.497 e. The molecule has 1 aliphatic heterocycles. The number of likely N-dealkylation sites (tertiary alicyclic amines) is 1. The van der Waals surface area contributed by atoms with E-state index in [0.717, 1.165) is 31.5 Å². The normalized spacial score (nSPS) is 18.7. The predicted molar refractivity (Wildman–Crippen MR) is 146 cm³/mol. The molecule has 39 heavy (non-hydrogen) atoms. The minimum absolute atomic E-state index is 0.0495. The number of nitrogens with zero attached hydrogens (tertiary/aromatic N) is 2. The first-order valence-corrected chi connectivity index (χ1v) is 14.0. The summed E-state index contributed by atoms with van der Waals surface area (Å²) >= 11 is 1.28. The molecular weight excluding hydrogens is 527 g/mol. The van der Waals surface area contributed by atoms with E-state index in [1.165, 1.54) is 31.1 Å². The van der Waals surface area contributed by atoms with Gasteiger partial charge in [-0.2, -0.15) is 0 Å². The molecule has 0 amide bonds. The number of fused-ring (bicyclic) bond motifs is 1. The Morgan fingerprint density at radius 1 is 1.15 bits per heavy atom. The van der Waals surface area contributed by atoms with Gasteiger partial charge >= 0.3 is 5.97 Å². The van der Waals surface area contributed by atoms with Crippen LogP contribution in [-0.4, -0.2) is 55.5 Å². The van der Waals surface area contributed by atoms with Crippen LogP contribution in [0.2, 0.25) is 0 Å². The molecule has 210 valence electrons. The van der Waals surface area contributed by atoms with Crippen LogP contribution in [0.15, 0.2) is 47.5 Å². The number of benzene rings is 2. The number of aromatic nitrogens is 1. The second-order valence-corrected chi connectivity index (χ2v) is 11.0. The lowest BCUT2D eigenvalue weighted by molar-refractivity contribution is -0.142. The van der Waals surface area contributed by atoms with Gasteiger partial charge in [-0.15, -0.1) is 11.8 Å². The van der Waals surface area contributed by atoms with Crippen LogP contribution in [0.3, 0.4) is 0 Å². The Labute approximate surface area is 231 Å². The number of pyridine rings is 1. The second kappa shape index (κ2) is 13.5. The average Bonchev–Trinajstić information content (AvgIpc) is 2.93. The van der Waals surface area contributed by atoms with Crippen molar-refractivity contribution in [2.75, 3.05) is 39.6 Å². The fourth-order valence-corrected chi connectivity index (χ4v) is 6.32. The lowest BCUT2D eigenvalue weighted by atomic mass is 9.79. The third kappa shape index (κ3) is 7.43. The molecule has 0 aliphatic carbocycles. The van der Waals surface area contributed by atoms with Crippen LogP contribution in [0.4, 0.5) is 13.2 Å². The van der Waals surface area contributed by atoms with E-state index in [4.69, 9.17) is 15.2 Å². The second-order valence-electron chi connectivity index (χ2n) is 9.90. The summed E-state index contributed by atoms with van der Waals surface area (Å²) in [5.74, 6) is -0.154. The number of esters is 1. The predicted octanol–water partition coefficient (Wildman–Crippen LogP) is 5.73. The number of piperidine rings is 1. The number of hydrogen-bond acceptors (Lipinski definition) is 7. The summed E-state index contributed by atoms with van der Waals surface area (Å²) in [6.45, 7) is 2.18. The van der Waals surface area contributed by atoms with E-state index in [2.05, 4.69) is 9.88 Å². The van der Waals surface area contributed by atoms with Crippen molar-refractivity contribution in [3.8, 4) is 5.75 Å². The quantitative estimate of drug-likeness (QED) is 0.237. The molecule has 6 nitrogen and oxygen atoms in total. The molecule has 2 heterocycles. The van der Waals surface area contributed by atoms with Gasteiger partial charge in [0.15, 0.2) is 0 Å². The van der Waals surface area contributed by atoms with Crippen LogP contribution in [0.25, 0.3) is 10.9 Å². The van der Waals surface area contributed by atoms with Crippen molar-refractivity contribution in [1.82, 2.24) is 9.88 Å². The highest BCUT2D eigenvalue weighted by atomic mass is 32.2. The molecule has 1 aliphatic rings. The average molecular weight is 562 g/mol. The molecule has 1 saturated heterocycles. The van der Waals surface area contributed by atoms with E-state index < -0.39 is 23.5 Å². The monoisotopic (exact) mass is 561 g/mol. The van der Waals surface area contributed by atoms with E-state index in [9.17, 15) is 18.0 Å². The number of carbonyl (C=O) groups is 1. The number of rotatable bonds is 11. The maximum atomic E-state index is 14.9. The molecule has 4 rings (SSSR count). The Balaban J connectivity index is 1.39. The molecule has 1 unspecified atom stereocenters. The minimum atomic E-state index is -0.544. The highest BCUT2D eigenvalue weighted by Gasteiger charge is 2.31. The van der Waals surface area contributed by atoms with Crippen molar-refractivity contribution < 1.29 is 27.4 Å². The number of carbonyl (C=O) groups excluding carboxylic acids is 1. The van der Waals surface area contributed by atoms with Gasteiger partial charge in [0.1, 0.15) is 23.2 Å². The maximum absolute atomic E-state index is 14.9. The van der Waals surface area contributed by atoms with Gasteiger partial charge in [-0.1, -0.05) is 0 Å². The highest BCUT2D eigenvalue weighted by molar-refractivity contribution is 7.99. The third-order valence-electron chi connectivity index (χ3n) is 7.48. The van der Waals surface area contributed by atoms with Crippen LogP contribution in [0.5, 0.6) is 5.75 Å². The summed E-state index contributed by atoms with van der Waals surface area (Å²) in [6, 6.07) is 8.23. The zero-order valence-corrected chi connectivity index (χ0v) is 23.0. The first-order valence-electron chi connectivity index (χ1n) is 13.0. The minimum Gasteiger partial charge on any atom is -0.497 e. The molecule has 2 aromatic carbocycles. The van der Waals surface area contributed by atoms with Crippen molar-refractivity contribution in [3.05, 3.63) is 65.6 Å². The van der Waals surface area contributed by atoms with Gasteiger partial charge in [0, 0.05) is 47.2 Å². The molecule has 3 aromatic rings. The molecule has 2 N–H and O–H groups in total. The Bertz CT molecular complexity index is 1300. The molecule has 0 spiro atoms. The molecular formula is C29H34F3N3O3S. The van der Waals surface area contributed by atoms with Gasteiger partial charge in [-0.05, 0) is 74.0 Å². The molecule has 0 bridgehead atoms. The Morgan fingerprint density at radius 3 is 2.74 bits per heavy atom. The van der Waals surface area contributed by atoms with Crippen molar-refractivity contribution in [1.29, 1.82) is 0 Å². The highest BCUT2D eigenvalue weighted by Crippen LogP contribution is 2.35. The fourth-order valence-electron chi connectivity index (χ4n) is 5.35. The van der Waals surface area contributed by atoms with E-state index >= 15 is 0 Å². The van der Waals surface area contributed by atoms with Crippen molar-refractivity contribution in [2.45, 2.75) is 36.6 Å². The molecule has 3 atom stereocenters. The number of ether oxygens (including phenoxy) is 2. The van der Waals surface area contributed by atoms with E-state index in [1.807, 2.05) is 0 Å². The summed E-state index contributed by atoms with van der Waals surface area (Å²) in [5, 5.41) is 0.634. The number of halogens is 3. The lowest BCUT2D eigenvalue weighted by Gasteiger charge is -2.38. The maximum Gasteiger partial charge on any atom is 0.305 e. The van der Waals surface area contributed by atoms with Gasteiger partial charge in [0.2, 0.25) is 0 Å². The first-order chi connectivity index (χ1) is 18.8. The van der Waals surface area contributed by atoms with Gasteiger partial charge in [0.25, 0.3) is 0 Å². The van der Waals surface area contributed by atoms with Gasteiger partial charge in [-0.25, -0.2) is 13.2 Å². The number of nitrogens with two attached hydrogens (primary N) is 1. The molecule has 0 radical (unpaired) electrons. The number of thioether (sulfide) groups is 1. The van der Waals surface area contributed by atoms with Crippen LogP contribution in [-0.2, 0) is 9.53 Å². The summed E-state index contributed by atoms with van der Waals surface area (Å²) < 4.78 is 52.6. The van der Waals surface area contributed by atoms with Gasteiger partial charge < -0.3 is 20.1 Å². The van der Waals surface area contributed by atoms with E-state index in [1.54, 1.807) is 25.3 Å². The fraction of sp³-hybridized carbons (Fsp3) is 0.448. The molecule has 1 aromatic heterocycles.